The van der Waals surface area contributed by atoms with E-state index in [2.05, 4.69) is 5.32 Å². The van der Waals surface area contributed by atoms with Gasteiger partial charge in [-0.2, -0.15) is 0 Å². The quantitative estimate of drug-likeness (QED) is 0.0975. The van der Waals surface area contributed by atoms with Gasteiger partial charge >= 0.3 is 17.9 Å². The maximum absolute atomic E-state index is 12.7. The molecule has 17 nitrogen and oxygen atoms in total. The molecule has 0 aromatic rings. The highest BCUT2D eigenvalue weighted by molar-refractivity contribution is 8.00. The lowest BCUT2D eigenvalue weighted by molar-refractivity contribution is -0.145. The Balaban J connectivity index is 1.44. The third-order valence-corrected chi connectivity index (χ3v) is 8.83. The number of hydrogen-bond acceptors (Lipinski definition) is 12. The van der Waals surface area contributed by atoms with Gasteiger partial charge in [0, 0.05) is 89.6 Å². The number of rotatable bonds is 16. The van der Waals surface area contributed by atoms with Gasteiger partial charge in [0.2, 0.25) is 17.7 Å². The molecule has 0 bridgehead atoms. The number of thioether (sulfide) groups is 1. The number of imide groups is 2. The van der Waals surface area contributed by atoms with E-state index in [1.165, 1.54) is 11.8 Å². The van der Waals surface area contributed by atoms with E-state index in [1.54, 1.807) is 14.7 Å². The molecule has 0 aliphatic carbocycles. The number of carbonyl (C=O) groups is 8. The molecular weight excluding hydrogens is 616 g/mol. The fourth-order valence-corrected chi connectivity index (χ4v) is 6.28. The third-order valence-electron chi connectivity index (χ3n) is 7.62. The summed E-state index contributed by atoms with van der Waals surface area (Å²) in [7, 11) is 0. The maximum atomic E-state index is 12.7. The Kier molecular flexibility index (Phi) is 13.4. The maximum Gasteiger partial charge on any atom is 0.320 e. The van der Waals surface area contributed by atoms with Crippen molar-refractivity contribution in [2.24, 2.45) is 0 Å². The molecule has 18 heteroatoms. The molecule has 0 aromatic carbocycles. The van der Waals surface area contributed by atoms with Crippen LogP contribution in [0.3, 0.4) is 0 Å². The zero-order chi connectivity index (χ0) is 33.1. The lowest BCUT2D eigenvalue weighted by atomic mass is 10.1. The second-order valence-corrected chi connectivity index (χ2v) is 12.0. The van der Waals surface area contributed by atoms with Crippen molar-refractivity contribution in [3.05, 3.63) is 12.2 Å². The van der Waals surface area contributed by atoms with E-state index in [9.17, 15) is 53.7 Å². The molecule has 3 aliphatic rings. The highest BCUT2D eigenvalue weighted by Crippen LogP contribution is 2.25. The minimum absolute atomic E-state index is 0.0334. The molecule has 3 aliphatic heterocycles. The van der Waals surface area contributed by atoms with E-state index in [0.29, 0.717) is 18.8 Å². The van der Waals surface area contributed by atoms with Gasteiger partial charge < -0.3 is 20.6 Å². The molecular formula is C27H38N6O11S. The van der Waals surface area contributed by atoms with Gasteiger partial charge in [0.25, 0.3) is 11.8 Å². The van der Waals surface area contributed by atoms with E-state index < -0.39 is 58.7 Å². The van der Waals surface area contributed by atoms with E-state index in [1.807, 2.05) is 0 Å². The van der Waals surface area contributed by atoms with Crippen molar-refractivity contribution >= 4 is 59.2 Å². The summed E-state index contributed by atoms with van der Waals surface area (Å²) in [6.07, 6.45) is 2.05. The highest BCUT2D eigenvalue weighted by atomic mass is 32.2. The topological polar surface area (TPSA) is 225 Å². The fourth-order valence-electron chi connectivity index (χ4n) is 5.25. The molecule has 2 unspecified atom stereocenters. The van der Waals surface area contributed by atoms with Gasteiger partial charge in [-0.3, -0.25) is 62.9 Å². The van der Waals surface area contributed by atoms with E-state index in [-0.39, 0.29) is 78.2 Å². The minimum Gasteiger partial charge on any atom is -0.480 e. The van der Waals surface area contributed by atoms with Crippen LogP contribution in [0.4, 0.5) is 0 Å². The van der Waals surface area contributed by atoms with Gasteiger partial charge in [0.05, 0.1) is 18.3 Å². The summed E-state index contributed by atoms with van der Waals surface area (Å²) in [5.41, 5.74) is 0. The summed E-state index contributed by atoms with van der Waals surface area (Å²) in [5, 5.41) is 30.4. The number of hydrogen-bond donors (Lipinski definition) is 4. The van der Waals surface area contributed by atoms with Crippen molar-refractivity contribution in [3.63, 3.8) is 0 Å². The van der Waals surface area contributed by atoms with Gasteiger partial charge in [0.1, 0.15) is 6.04 Å². The van der Waals surface area contributed by atoms with Crippen molar-refractivity contribution in [1.29, 1.82) is 0 Å². The second-order valence-electron chi connectivity index (χ2n) is 10.7. The molecule has 0 spiro atoms. The molecule has 2 atom stereocenters. The standard InChI is InChI=1S/C27H38N6O11S/c34-20(28-5-14-45-19-15-23(37)33(26(19)42)13-12-32-21(35)3-4-22(32)36)2-1-18(27(43)44)31-10-8-29(16-24(38)39)6-7-30(9-11-31)17-25(40)41/h3-4,18-19H,1-2,5-17H2,(H,28,34)(H,38,39)(H,40,41)(H,43,44). The Hall–Kier alpha value is -3.87. The van der Waals surface area contributed by atoms with Crippen LogP contribution in [0.25, 0.3) is 0 Å². The Morgan fingerprint density at radius 1 is 0.822 bits per heavy atom. The zero-order valence-electron chi connectivity index (χ0n) is 24.7. The first-order valence-corrected chi connectivity index (χ1v) is 15.5. The van der Waals surface area contributed by atoms with Crippen LogP contribution in [0.15, 0.2) is 12.2 Å². The molecule has 45 heavy (non-hydrogen) atoms. The molecule has 4 N–H and O–H groups in total. The Morgan fingerprint density at radius 2 is 1.36 bits per heavy atom. The molecule has 3 heterocycles. The van der Waals surface area contributed by atoms with Crippen molar-refractivity contribution in [3.8, 4) is 0 Å². The molecule has 2 saturated heterocycles. The van der Waals surface area contributed by atoms with Crippen LogP contribution in [0.1, 0.15) is 19.3 Å². The Labute approximate surface area is 263 Å². The van der Waals surface area contributed by atoms with Gasteiger partial charge in [-0.1, -0.05) is 0 Å². The number of aliphatic carboxylic acids is 3. The van der Waals surface area contributed by atoms with E-state index in [4.69, 9.17) is 0 Å². The number of likely N-dealkylation sites (tertiary alicyclic amines) is 1. The SMILES string of the molecule is O=C(O)CN1CCN(CC(=O)O)CCN(C(CCC(=O)NCCSC2CC(=O)N(CCN3C(=O)C=CC3=O)C2=O)C(=O)O)CC1. The summed E-state index contributed by atoms with van der Waals surface area (Å²) >= 11 is 1.19. The Morgan fingerprint density at radius 3 is 1.89 bits per heavy atom. The second kappa shape index (κ2) is 17.0. The fraction of sp³-hybridized carbons (Fsp3) is 0.630. The first kappa shape index (κ1) is 35.6. The van der Waals surface area contributed by atoms with E-state index >= 15 is 0 Å². The highest BCUT2D eigenvalue weighted by Gasteiger charge is 2.39. The van der Waals surface area contributed by atoms with Crippen LogP contribution in [0.2, 0.25) is 0 Å². The predicted molar refractivity (Wildman–Crippen MR) is 157 cm³/mol. The number of carboxylic acid groups (broad SMARTS) is 3. The number of amides is 5. The van der Waals surface area contributed by atoms with Crippen molar-refractivity contribution < 1.29 is 53.7 Å². The summed E-state index contributed by atoms with van der Waals surface area (Å²) in [6.45, 7) is 0.996. The van der Waals surface area contributed by atoms with Crippen molar-refractivity contribution in [1.82, 2.24) is 29.8 Å². The predicted octanol–water partition coefficient (Wildman–Crippen LogP) is -2.79. The molecule has 3 rings (SSSR count). The lowest BCUT2D eigenvalue weighted by Gasteiger charge is -2.30. The van der Waals surface area contributed by atoms with Gasteiger partial charge in [-0.05, 0) is 6.42 Å². The Bertz CT molecular complexity index is 1170. The van der Waals surface area contributed by atoms with Crippen LogP contribution >= 0.6 is 11.8 Å². The first-order valence-electron chi connectivity index (χ1n) is 14.5. The van der Waals surface area contributed by atoms with Crippen LogP contribution < -0.4 is 5.32 Å². The molecule has 248 valence electrons. The number of nitrogens with zero attached hydrogens (tertiary/aromatic N) is 5. The lowest BCUT2D eigenvalue weighted by Crippen LogP contribution is -2.47. The zero-order valence-corrected chi connectivity index (χ0v) is 25.5. The largest absolute Gasteiger partial charge is 0.480 e. The summed E-state index contributed by atoms with van der Waals surface area (Å²) in [6, 6.07) is -1.06. The van der Waals surface area contributed by atoms with Crippen LogP contribution in [0, 0.1) is 0 Å². The third kappa shape index (κ3) is 10.9. The molecule has 5 amide bonds. The number of carboxylic acids is 3. The van der Waals surface area contributed by atoms with Crippen LogP contribution in [-0.4, -0.2) is 176 Å². The summed E-state index contributed by atoms with van der Waals surface area (Å²) < 4.78 is 0. The first-order chi connectivity index (χ1) is 21.3. The summed E-state index contributed by atoms with van der Waals surface area (Å²) in [4.78, 5) is 102. The number of nitrogens with one attached hydrogen (secondary N) is 1. The molecule has 0 radical (unpaired) electrons. The summed E-state index contributed by atoms with van der Waals surface area (Å²) in [5.74, 6) is -5.21. The monoisotopic (exact) mass is 654 g/mol. The molecule has 0 aromatic heterocycles. The van der Waals surface area contributed by atoms with Crippen molar-refractivity contribution in [2.45, 2.75) is 30.6 Å². The van der Waals surface area contributed by atoms with Gasteiger partial charge in [-0.25, -0.2) is 0 Å². The normalized spacial score (nSPS) is 21.1. The number of carbonyl (C=O) groups excluding carboxylic acids is 5. The van der Waals surface area contributed by atoms with Crippen LogP contribution in [-0.2, 0) is 38.4 Å². The minimum atomic E-state index is -1.16. The average Bonchev–Trinajstić information content (AvgIpc) is 3.45. The van der Waals surface area contributed by atoms with Crippen molar-refractivity contribution in [2.75, 3.05) is 77.7 Å². The van der Waals surface area contributed by atoms with Gasteiger partial charge in [-0.15, -0.1) is 11.8 Å². The van der Waals surface area contributed by atoms with Crippen LogP contribution in [0.5, 0.6) is 0 Å². The van der Waals surface area contributed by atoms with Gasteiger partial charge in [0.15, 0.2) is 0 Å². The molecule has 0 saturated carbocycles. The van der Waals surface area contributed by atoms with E-state index in [0.717, 1.165) is 22.0 Å². The molecule has 2 fully saturated rings. The smallest absolute Gasteiger partial charge is 0.320 e. The average molecular weight is 655 g/mol.